The molecule has 0 unspecified atom stereocenters. The standard InChI is InChI=1S/C10H20N4O4/c1-5(11)8(16)13-7(3)10(18)14-6(2)9(17)12-4-15/h5-7,15H,4,11H2,1-3H3,(H,12,17)(H,13,16)(H,14,18)/t5-,6-,7-/m0/s1. The number of amides is 3. The van der Waals surface area contributed by atoms with Crippen LogP contribution >= 0.6 is 0 Å². The Hall–Kier alpha value is -1.67. The van der Waals surface area contributed by atoms with Gasteiger partial charge in [0.05, 0.1) is 6.04 Å². The van der Waals surface area contributed by atoms with Crippen LogP contribution in [0.4, 0.5) is 0 Å². The number of hydrogen-bond acceptors (Lipinski definition) is 5. The first-order chi connectivity index (χ1) is 8.29. The predicted octanol–water partition coefficient (Wildman–Crippen LogP) is -2.59. The maximum atomic E-state index is 11.6. The lowest BCUT2D eigenvalue weighted by atomic mass is 10.2. The van der Waals surface area contributed by atoms with Crippen molar-refractivity contribution < 1.29 is 19.5 Å². The van der Waals surface area contributed by atoms with Crippen molar-refractivity contribution in [3.8, 4) is 0 Å². The summed E-state index contributed by atoms with van der Waals surface area (Å²) in [5, 5.41) is 15.4. The molecule has 0 aromatic rings. The Labute approximate surface area is 105 Å². The molecule has 18 heavy (non-hydrogen) atoms. The van der Waals surface area contributed by atoms with E-state index < -0.39 is 42.6 Å². The zero-order valence-electron chi connectivity index (χ0n) is 10.7. The van der Waals surface area contributed by atoms with E-state index in [1.807, 2.05) is 0 Å². The number of nitrogens with two attached hydrogens (primary N) is 1. The Morgan fingerprint density at radius 2 is 1.44 bits per heavy atom. The van der Waals surface area contributed by atoms with E-state index in [4.69, 9.17) is 10.8 Å². The lowest BCUT2D eigenvalue weighted by Crippen LogP contribution is -2.53. The third-order valence-electron chi connectivity index (χ3n) is 2.17. The minimum atomic E-state index is -0.806. The minimum Gasteiger partial charge on any atom is -0.376 e. The fourth-order valence-corrected chi connectivity index (χ4v) is 1.05. The summed E-state index contributed by atoms with van der Waals surface area (Å²) in [5.41, 5.74) is 5.34. The van der Waals surface area contributed by atoms with Gasteiger partial charge in [-0.2, -0.15) is 0 Å². The predicted molar refractivity (Wildman–Crippen MR) is 64.1 cm³/mol. The van der Waals surface area contributed by atoms with Crippen molar-refractivity contribution in [1.29, 1.82) is 0 Å². The highest BCUT2D eigenvalue weighted by atomic mass is 16.3. The minimum absolute atomic E-state index is 0.454. The molecular formula is C10H20N4O4. The van der Waals surface area contributed by atoms with E-state index in [9.17, 15) is 14.4 Å². The van der Waals surface area contributed by atoms with Crippen LogP contribution in [-0.2, 0) is 14.4 Å². The van der Waals surface area contributed by atoms with Gasteiger partial charge in [0.25, 0.3) is 0 Å². The highest BCUT2D eigenvalue weighted by molar-refractivity contribution is 5.92. The molecule has 0 bridgehead atoms. The van der Waals surface area contributed by atoms with Crippen LogP contribution in [0.1, 0.15) is 20.8 Å². The third kappa shape index (κ3) is 5.60. The molecular weight excluding hydrogens is 240 g/mol. The third-order valence-corrected chi connectivity index (χ3v) is 2.17. The summed E-state index contributed by atoms with van der Waals surface area (Å²) in [6.45, 7) is 3.93. The Morgan fingerprint density at radius 3 is 1.89 bits per heavy atom. The Bertz CT molecular complexity index is 319. The number of aliphatic hydroxyl groups is 1. The topological polar surface area (TPSA) is 134 Å². The van der Waals surface area contributed by atoms with Crippen molar-refractivity contribution in [1.82, 2.24) is 16.0 Å². The smallest absolute Gasteiger partial charge is 0.244 e. The second-order valence-electron chi connectivity index (χ2n) is 3.95. The first-order valence-electron chi connectivity index (χ1n) is 5.54. The highest BCUT2D eigenvalue weighted by Gasteiger charge is 2.21. The molecule has 0 aromatic heterocycles. The number of aliphatic hydroxyl groups excluding tert-OH is 1. The molecule has 0 fully saturated rings. The molecule has 0 heterocycles. The molecule has 8 heteroatoms. The largest absolute Gasteiger partial charge is 0.376 e. The SMILES string of the molecule is C[C@H](N)C(=O)N[C@@H](C)C(=O)N[C@@H](C)C(=O)NCO. The van der Waals surface area contributed by atoms with Crippen LogP contribution in [-0.4, -0.2) is 47.7 Å². The van der Waals surface area contributed by atoms with Gasteiger partial charge in [-0.3, -0.25) is 14.4 Å². The van der Waals surface area contributed by atoms with Crippen molar-refractivity contribution in [2.45, 2.75) is 38.9 Å². The number of carbonyl (C=O) groups is 3. The lowest BCUT2D eigenvalue weighted by Gasteiger charge is -2.18. The molecule has 0 saturated heterocycles. The Kier molecular flexibility index (Phi) is 6.91. The van der Waals surface area contributed by atoms with E-state index >= 15 is 0 Å². The number of hydrogen-bond donors (Lipinski definition) is 5. The summed E-state index contributed by atoms with van der Waals surface area (Å²) in [6, 6.07) is -2.32. The van der Waals surface area contributed by atoms with Crippen molar-refractivity contribution >= 4 is 17.7 Å². The zero-order chi connectivity index (χ0) is 14.3. The van der Waals surface area contributed by atoms with Crippen molar-refractivity contribution in [2.75, 3.05) is 6.73 Å². The monoisotopic (exact) mass is 260 g/mol. The molecule has 0 aliphatic rings. The number of rotatable bonds is 6. The van der Waals surface area contributed by atoms with E-state index in [-0.39, 0.29) is 0 Å². The van der Waals surface area contributed by atoms with E-state index in [2.05, 4.69) is 16.0 Å². The molecule has 0 aliphatic carbocycles. The Morgan fingerprint density at radius 1 is 1.00 bits per heavy atom. The molecule has 3 atom stereocenters. The van der Waals surface area contributed by atoms with Crippen LogP contribution in [0.5, 0.6) is 0 Å². The van der Waals surface area contributed by atoms with Gasteiger partial charge >= 0.3 is 0 Å². The second kappa shape index (κ2) is 7.62. The Balaban J connectivity index is 4.23. The maximum absolute atomic E-state index is 11.6. The van der Waals surface area contributed by atoms with Crippen molar-refractivity contribution in [2.24, 2.45) is 5.73 Å². The number of carbonyl (C=O) groups excluding carboxylic acids is 3. The van der Waals surface area contributed by atoms with Crippen LogP contribution < -0.4 is 21.7 Å². The van der Waals surface area contributed by atoms with Crippen LogP contribution in [0.25, 0.3) is 0 Å². The summed E-state index contributed by atoms with van der Waals surface area (Å²) in [5.74, 6) is -1.48. The zero-order valence-corrected chi connectivity index (χ0v) is 10.7. The van der Waals surface area contributed by atoms with Gasteiger partial charge in [0, 0.05) is 0 Å². The van der Waals surface area contributed by atoms with E-state index in [1.165, 1.54) is 20.8 Å². The molecule has 0 saturated carbocycles. The molecule has 0 spiro atoms. The fourth-order valence-electron chi connectivity index (χ4n) is 1.05. The molecule has 0 aromatic carbocycles. The second-order valence-corrected chi connectivity index (χ2v) is 3.95. The molecule has 104 valence electrons. The molecule has 0 rings (SSSR count). The fraction of sp³-hybridized carbons (Fsp3) is 0.700. The van der Waals surface area contributed by atoms with Gasteiger partial charge < -0.3 is 26.8 Å². The first-order valence-corrected chi connectivity index (χ1v) is 5.54. The van der Waals surface area contributed by atoms with Gasteiger partial charge in [-0.25, -0.2) is 0 Å². The quantitative estimate of drug-likeness (QED) is 0.334. The highest BCUT2D eigenvalue weighted by Crippen LogP contribution is 1.88. The van der Waals surface area contributed by atoms with E-state index in [0.29, 0.717) is 0 Å². The number of nitrogens with one attached hydrogen (secondary N) is 3. The average Bonchev–Trinajstić information content (AvgIpc) is 2.28. The lowest BCUT2D eigenvalue weighted by molar-refractivity contribution is -0.132. The van der Waals surface area contributed by atoms with Crippen molar-refractivity contribution in [3.05, 3.63) is 0 Å². The summed E-state index contributed by atoms with van der Waals surface area (Å²) in [4.78, 5) is 34.1. The van der Waals surface area contributed by atoms with Gasteiger partial charge in [-0.1, -0.05) is 0 Å². The average molecular weight is 260 g/mol. The van der Waals surface area contributed by atoms with Gasteiger partial charge in [0.15, 0.2) is 0 Å². The molecule has 6 N–H and O–H groups in total. The van der Waals surface area contributed by atoms with Crippen LogP contribution in [0.3, 0.4) is 0 Å². The van der Waals surface area contributed by atoms with Crippen LogP contribution in [0.2, 0.25) is 0 Å². The summed E-state index contributed by atoms with van der Waals surface area (Å²) >= 11 is 0. The van der Waals surface area contributed by atoms with E-state index in [0.717, 1.165) is 0 Å². The van der Waals surface area contributed by atoms with E-state index in [1.54, 1.807) is 0 Å². The molecule has 8 nitrogen and oxygen atoms in total. The van der Waals surface area contributed by atoms with Crippen LogP contribution in [0, 0.1) is 0 Å². The van der Waals surface area contributed by atoms with Gasteiger partial charge in [-0.15, -0.1) is 0 Å². The summed E-state index contributed by atoms with van der Waals surface area (Å²) in [7, 11) is 0. The van der Waals surface area contributed by atoms with Gasteiger partial charge in [0.2, 0.25) is 17.7 Å². The normalized spacial score (nSPS) is 15.2. The molecule has 3 amide bonds. The first kappa shape index (κ1) is 16.3. The van der Waals surface area contributed by atoms with Gasteiger partial charge in [-0.05, 0) is 20.8 Å². The van der Waals surface area contributed by atoms with Crippen molar-refractivity contribution in [3.63, 3.8) is 0 Å². The molecule has 0 radical (unpaired) electrons. The summed E-state index contributed by atoms with van der Waals surface area (Å²) < 4.78 is 0. The van der Waals surface area contributed by atoms with Gasteiger partial charge in [0.1, 0.15) is 18.8 Å². The van der Waals surface area contributed by atoms with Crippen LogP contribution in [0.15, 0.2) is 0 Å². The maximum Gasteiger partial charge on any atom is 0.244 e. The molecule has 0 aliphatic heterocycles. The summed E-state index contributed by atoms with van der Waals surface area (Å²) in [6.07, 6.45) is 0.